The van der Waals surface area contributed by atoms with Crippen molar-refractivity contribution in [2.24, 2.45) is 5.10 Å². The van der Waals surface area contributed by atoms with Gasteiger partial charge in [-0.1, -0.05) is 23.7 Å². The van der Waals surface area contributed by atoms with Crippen LogP contribution in [0.15, 0.2) is 47.6 Å². The number of amides is 1. The van der Waals surface area contributed by atoms with Crippen LogP contribution in [0.3, 0.4) is 0 Å². The molecule has 0 aliphatic heterocycles. The molecule has 2 aromatic carbocycles. The van der Waals surface area contributed by atoms with Crippen molar-refractivity contribution in [3.8, 4) is 0 Å². The van der Waals surface area contributed by atoms with Crippen LogP contribution in [0.2, 0.25) is 5.02 Å². The van der Waals surface area contributed by atoms with Crippen LogP contribution >= 0.6 is 23.8 Å². The van der Waals surface area contributed by atoms with E-state index in [2.05, 4.69) is 20.5 Å². The predicted octanol–water partition coefficient (Wildman–Crippen LogP) is 3.64. The zero-order chi connectivity index (χ0) is 15.5. The number of aromatic nitrogens is 2. The number of halogens is 1. The van der Waals surface area contributed by atoms with Crippen LogP contribution in [0.25, 0.3) is 11.0 Å². The van der Waals surface area contributed by atoms with Crippen LogP contribution < -0.4 is 5.43 Å². The van der Waals surface area contributed by atoms with E-state index in [0.29, 0.717) is 15.4 Å². The summed E-state index contributed by atoms with van der Waals surface area (Å²) in [6, 6.07) is 12.3. The lowest BCUT2D eigenvalue weighted by Gasteiger charge is -2.00. The van der Waals surface area contributed by atoms with Crippen LogP contribution in [0.5, 0.6) is 0 Å². The predicted molar refractivity (Wildman–Crippen MR) is 90.0 cm³/mol. The lowest BCUT2D eigenvalue weighted by molar-refractivity contribution is 0.0955. The number of nitrogens with one attached hydrogen (secondary N) is 3. The Hall–Kier alpha value is -2.44. The SMILES string of the molecule is O=C(N/N=C\c1ccc(Cl)cc1)c1ccc2[nH]c(=S)[nH]c2c1. The highest BCUT2D eigenvalue weighted by molar-refractivity contribution is 7.71. The largest absolute Gasteiger partial charge is 0.331 e. The fraction of sp³-hybridized carbons (Fsp3) is 0. The molecule has 7 heteroatoms. The molecule has 0 aliphatic rings. The Labute approximate surface area is 136 Å². The minimum Gasteiger partial charge on any atom is -0.331 e. The second-order valence-corrected chi connectivity index (χ2v) is 5.43. The average molecular weight is 331 g/mol. The van der Waals surface area contributed by atoms with Crippen molar-refractivity contribution in [1.29, 1.82) is 0 Å². The maximum Gasteiger partial charge on any atom is 0.271 e. The van der Waals surface area contributed by atoms with Gasteiger partial charge in [0.15, 0.2) is 4.77 Å². The van der Waals surface area contributed by atoms with E-state index in [-0.39, 0.29) is 5.91 Å². The molecule has 1 amide bonds. The van der Waals surface area contributed by atoms with Gasteiger partial charge in [-0.15, -0.1) is 0 Å². The summed E-state index contributed by atoms with van der Waals surface area (Å²) in [5.41, 5.74) is 5.45. The number of hydrogen-bond donors (Lipinski definition) is 3. The standard InChI is InChI=1S/C15H11ClN4OS/c16-11-4-1-9(2-5-11)8-17-20-14(21)10-3-6-12-13(7-10)19-15(22)18-12/h1-8H,(H,20,21)(H2,18,19,22)/b17-8-. The first-order valence-electron chi connectivity index (χ1n) is 6.43. The number of imidazole rings is 1. The third-order valence-electron chi connectivity index (χ3n) is 3.03. The summed E-state index contributed by atoms with van der Waals surface area (Å²) in [7, 11) is 0. The van der Waals surface area contributed by atoms with Crippen LogP contribution in [0.4, 0.5) is 0 Å². The van der Waals surface area contributed by atoms with Gasteiger partial charge in [0.05, 0.1) is 17.2 Å². The number of rotatable bonds is 3. The van der Waals surface area contributed by atoms with E-state index >= 15 is 0 Å². The number of carbonyl (C=O) groups excluding carboxylic acids is 1. The van der Waals surface area contributed by atoms with Gasteiger partial charge in [0, 0.05) is 10.6 Å². The number of carbonyl (C=O) groups is 1. The fourth-order valence-electron chi connectivity index (χ4n) is 1.95. The van der Waals surface area contributed by atoms with Gasteiger partial charge in [0.25, 0.3) is 5.91 Å². The quantitative estimate of drug-likeness (QED) is 0.389. The smallest absolute Gasteiger partial charge is 0.271 e. The van der Waals surface area contributed by atoms with Crippen LogP contribution in [-0.4, -0.2) is 22.1 Å². The molecule has 5 nitrogen and oxygen atoms in total. The first-order chi connectivity index (χ1) is 10.6. The Morgan fingerprint density at radius 2 is 1.86 bits per heavy atom. The second kappa shape index (κ2) is 6.13. The normalized spacial score (nSPS) is 11.1. The molecule has 0 bridgehead atoms. The Morgan fingerprint density at radius 3 is 2.64 bits per heavy atom. The number of hydrogen-bond acceptors (Lipinski definition) is 3. The maximum atomic E-state index is 12.0. The highest BCUT2D eigenvalue weighted by Crippen LogP contribution is 2.12. The maximum absolute atomic E-state index is 12.0. The van der Waals surface area contributed by atoms with E-state index in [4.69, 9.17) is 23.8 Å². The van der Waals surface area contributed by atoms with E-state index in [1.165, 1.54) is 0 Å². The van der Waals surface area contributed by atoms with Crippen molar-refractivity contribution in [3.05, 3.63) is 63.4 Å². The minimum atomic E-state index is -0.298. The van der Waals surface area contributed by atoms with Gasteiger partial charge in [-0.3, -0.25) is 4.79 Å². The van der Waals surface area contributed by atoms with Gasteiger partial charge in [-0.05, 0) is 48.1 Å². The third-order valence-corrected chi connectivity index (χ3v) is 3.48. The number of benzene rings is 2. The number of fused-ring (bicyclic) bond motifs is 1. The summed E-state index contributed by atoms with van der Waals surface area (Å²) in [6.45, 7) is 0. The van der Waals surface area contributed by atoms with E-state index in [1.807, 2.05) is 12.1 Å². The lowest BCUT2D eigenvalue weighted by Crippen LogP contribution is -2.17. The van der Waals surface area contributed by atoms with Crippen molar-refractivity contribution in [1.82, 2.24) is 15.4 Å². The first-order valence-corrected chi connectivity index (χ1v) is 7.21. The van der Waals surface area contributed by atoms with Crippen molar-refractivity contribution >= 4 is 47.0 Å². The summed E-state index contributed by atoms with van der Waals surface area (Å²) in [5, 5.41) is 4.58. The van der Waals surface area contributed by atoms with E-state index in [0.717, 1.165) is 16.6 Å². The van der Waals surface area contributed by atoms with Crippen LogP contribution in [-0.2, 0) is 0 Å². The summed E-state index contributed by atoms with van der Waals surface area (Å²) in [4.78, 5) is 18.0. The molecular weight excluding hydrogens is 320 g/mol. The summed E-state index contributed by atoms with van der Waals surface area (Å²) in [6.07, 6.45) is 1.55. The van der Waals surface area contributed by atoms with Gasteiger partial charge in [-0.2, -0.15) is 5.10 Å². The van der Waals surface area contributed by atoms with Crippen LogP contribution in [0.1, 0.15) is 15.9 Å². The fourth-order valence-corrected chi connectivity index (χ4v) is 2.30. The molecule has 0 fully saturated rings. The molecule has 1 aromatic heterocycles. The number of H-pyrrole nitrogens is 2. The van der Waals surface area contributed by atoms with Crippen molar-refractivity contribution in [2.75, 3.05) is 0 Å². The summed E-state index contributed by atoms with van der Waals surface area (Å²) in [5.74, 6) is -0.298. The van der Waals surface area contributed by atoms with Gasteiger partial charge in [0.1, 0.15) is 0 Å². The molecule has 3 N–H and O–H groups in total. The van der Waals surface area contributed by atoms with Crippen molar-refractivity contribution in [2.45, 2.75) is 0 Å². The zero-order valence-corrected chi connectivity index (χ0v) is 12.8. The second-order valence-electron chi connectivity index (χ2n) is 4.59. The van der Waals surface area contributed by atoms with Crippen molar-refractivity contribution < 1.29 is 4.79 Å². The van der Waals surface area contributed by atoms with E-state index in [1.54, 1.807) is 36.5 Å². The molecule has 22 heavy (non-hydrogen) atoms. The van der Waals surface area contributed by atoms with Gasteiger partial charge in [-0.25, -0.2) is 5.43 Å². The molecule has 3 rings (SSSR count). The molecule has 1 heterocycles. The molecule has 0 atom stereocenters. The molecule has 0 unspecified atom stereocenters. The molecule has 0 spiro atoms. The number of nitrogens with zero attached hydrogens (tertiary/aromatic N) is 1. The molecule has 3 aromatic rings. The minimum absolute atomic E-state index is 0.298. The molecule has 0 aliphatic carbocycles. The highest BCUT2D eigenvalue weighted by atomic mass is 35.5. The summed E-state index contributed by atoms with van der Waals surface area (Å²) >= 11 is 10.8. The van der Waals surface area contributed by atoms with E-state index in [9.17, 15) is 4.79 Å². The monoisotopic (exact) mass is 330 g/mol. The number of aromatic amines is 2. The lowest BCUT2D eigenvalue weighted by atomic mass is 10.2. The summed E-state index contributed by atoms with van der Waals surface area (Å²) < 4.78 is 0.522. The topological polar surface area (TPSA) is 73.0 Å². The Balaban J connectivity index is 1.72. The van der Waals surface area contributed by atoms with Gasteiger partial charge >= 0.3 is 0 Å². The molecule has 0 saturated carbocycles. The molecule has 110 valence electrons. The first kappa shape index (κ1) is 14.5. The molecule has 0 radical (unpaired) electrons. The van der Waals surface area contributed by atoms with Gasteiger partial charge < -0.3 is 9.97 Å². The molecular formula is C15H11ClN4OS. The van der Waals surface area contributed by atoms with E-state index < -0.39 is 0 Å². The van der Waals surface area contributed by atoms with Crippen molar-refractivity contribution in [3.63, 3.8) is 0 Å². The Kier molecular flexibility index (Phi) is 4.04. The third kappa shape index (κ3) is 3.24. The molecule has 0 saturated heterocycles. The van der Waals surface area contributed by atoms with Crippen LogP contribution in [0, 0.1) is 4.77 Å². The zero-order valence-electron chi connectivity index (χ0n) is 11.3. The Bertz CT molecular complexity index is 911. The highest BCUT2D eigenvalue weighted by Gasteiger charge is 2.06. The average Bonchev–Trinajstić information content (AvgIpc) is 2.88. The Morgan fingerprint density at radius 1 is 1.14 bits per heavy atom. The van der Waals surface area contributed by atoms with Gasteiger partial charge in [0.2, 0.25) is 0 Å². The number of hydrazone groups is 1.